The highest BCUT2D eigenvalue weighted by Gasteiger charge is 2.18. The fourth-order valence-corrected chi connectivity index (χ4v) is 1.32. The molecule has 0 saturated heterocycles. The molecule has 0 radical (unpaired) electrons. The van der Waals surface area contributed by atoms with E-state index in [1.165, 1.54) is 18.2 Å². The zero-order valence-corrected chi connectivity index (χ0v) is 9.90. The highest BCUT2D eigenvalue weighted by Crippen LogP contribution is 2.17. The molecule has 0 saturated carbocycles. The van der Waals surface area contributed by atoms with E-state index in [1.807, 2.05) is 6.92 Å². The molecule has 0 heterocycles. The van der Waals surface area contributed by atoms with Crippen LogP contribution >= 0.6 is 0 Å². The lowest BCUT2D eigenvalue weighted by atomic mass is 10.1. The molecule has 4 nitrogen and oxygen atoms in total. The summed E-state index contributed by atoms with van der Waals surface area (Å²) in [7, 11) is 0. The van der Waals surface area contributed by atoms with Crippen molar-refractivity contribution < 1.29 is 18.7 Å². The van der Waals surface area contributed by atoms with E-state index in [-0.39, 0.29) is 17.9 Å². The molecule has 1 aromatic carbocycles. The van der Waals surface area contributed by atoms with Crippen molar-refractivity contribution in [3.05, 3.63) is 29.6 Å². The Labute approximate surface area is 99.5 Å². The van der Waals surface area contributed by atoms with Crippen molar-refractivity contribution in [1.82, 2.24) is 0 Å². The van der Waals surface area contributed by atoms with Gasteiger partial charge in [-0.25, -0.2) is 9.18 Å². The third kappa shape index (κ3) is 3.71. The summed E-state index contributed by atoms with van der Waals surface area (Å²) in [5.41, 5.74) is 5.37. The zero-order chi connectivity index (χ0) is 12.8. The summed E-state index contributed by atoms with van der Waals surface area (Å²) in [5.74, 6) is -1.45. The average Bonchev–Trinajstić information content (AvgIpc) is 2.26. The van der Waals surface area contributed by atoms with Gasteiger partial charge in [0.05, 0.1) is 6.61 Å². The highest BCUT2D eigenvalue weighted by molar-refractivity contribution is 5.95. The van der Waals surface area contributed by atoms with Gasteiger partial charge < -0.3 is 15.2 Å². The quantitative estimate of drug-likeness (QED) is 0.632. The van der Waals surface area contributed by atoms with Gasteiger partial charge in [0, 0.05) is 12.3 Å². The SMILES string of the molecule is CCOCC(C)OC(=O)c1c(N)cccc1F. The van der Waals surface area contributed by atoms with Gasteiger partial charge in [0.2, 0.25) is 0 Å². The summed E-state index contributed by atoms with van der Waals surface area (Å²) in [5, 5.41) is 0. The second kappa shape index (κ2) is 6.20. The first-order chi connectivity index (χ1) is 8.06. The summed E-state index contributed by atoms with van der Waals surface area (Å²) in [6, 6.07) is 4.05. The lowest BCUT2D eigenvalue weighted by Gasteiger charge is -2.14. The number of benzene rings is 1. The molecule has 0 aliphatic carbocycles. The Morgan fingerprint density at radius 3 is 2.82 bits per heavy atom. The fraction of sp³-hybridized carbons (Fsp3) is 0.417. The summed E-state index contributed by atoms with van der Waals surface area (Å²) in [6.45, 7) is 4.31. The average molecular weight is 241 g/mol. The summed E-state index contributed by atoms with van der Waals surface area (Å²) in [4.78, 5) is 11.7. The summed E-state index contributed by atoms with van der Waals surface area (Å²) < 4.78 is 23.5. The molecule has 0 aliphatic rings. The topological polar surface area (TPSA) is 61.5 Å². The molecule has 0 aliphatic heterocycles. The number of anilines is 1. The van der Waals surface area contributed by atoms with Crippen LogP contribution in [0.1, 0.15) is 24.2 Å². The number of nitrogens with two attached hydrogens (primary N) is 1. The molecule has 1 atom stereocenters. The first-order valence-electron chi connectivity index (χ1n) is 5.39. The molecule has 1 rings (SSSR count). The van der Waals surface area contributed by atoms with Crippen LogP contribution < -0.4 is 5.73 Å². The van der Waals surface area contributed by atoms with E-state index < -0.39 is 17.9 Å². The number of esters is 1. The first-order valence-corrected chi connectivity index (χ1v) is 5.39. The van der Waals surface area contributed by atoms with Crippen molar-refractivity contribution >= 4 is 11.7 Å². The van der Waals surface area contributed by atoms with Crippen LogP contribution in [0.4, 0.5) is 10.1 Å². The number of carbonyl (C=O) groups is 1. The van der Waals surface area contributed by atoms with Gasteiger partial charge in [-0.2, -0.15) is 0 Å². The Morgan fingerprint density at radius 1 is 1.53 bits per heavy atom. The summed E-state index contributed by atoms with van der Waals surface area (Å²) >= 11 is 0. The molecule has 0 amide bonds. The van der Waals surface area contributed by atoms with Crippen LogP contribution in [-0.4, -0.2) is 25.3 Å². The van der Waals surface area contributed by atoms with Crippen molar-refractivity contribution in [2.45, 2.75) is 20.0 Å². The van der Waals surface area contributed by atoms with Gasteiger partial charge >= 0.3 is 5.97 Å². The van der Waals surface area contributed by atoms with Crippen molar-refractivity contribution in [2.24, 2.45) is 0 Å². The van der Waals surface area contributed by atoms with E-state index in [2.05, 4.69) is 0 Å². The zero-order valence-electron chi connectivity index (χ0n) is 9.90. The molecule has 94 valence electrons. The van der Waals surface area contributed by atoms with Crippen molar-refractivity contribution in [1.29, 1.82) is 0 Å². The van der Waals surface area contributed by atoms with E-state index in [1.54, 1.807) is 6.92 Å². The van der Waals surface area contributed by atoms with Gasteiger partial charge in [0.1, 0.15) is 17.5 Å². The maximum atomic E-state index is 13.4. The van der Waals surface area contributed by atoms with Crippen molar-refractivity contribution in [3.8, 4) is 0 Å². The number of carbonyl (C=O) groups excluding carboxylic acids is 1. The molecule has 5 heteroatoms. The van der Waals surface area contributed by atoms with Crippen LogP contribution in [0.2, 0.25) is 0 Å². The second-order valence-electron chi connectivity index (χ2n) is 3.58. The Morgan fingerprint density at radius 2 is 2.24 bits per heavy atom. The van der Waals surface area contributed by atoms with Gasteiger partial charge in [0.15, 0.2) is 0 Å². The monoisotopic (exact) mass is 241 g/mol. The molecule has 1 aromatic rings. The minimum absolute atomic E-state index is 0.0682. The molecule has 1 unspecified atom stereocenters. The Hall–Kier alpha value is -1.62. The molecular formula is C12H16FNO3. The van der Waals surface area contributed by atoms with E-state index in [9.17, 15) is 9.18 Å². The van der Waals surface area contributed by atoms with Crippen molar-refractivity contribution in [2.75, 3.05) is 18.9 Å². The first kappa shape index (κ1) is 13.4. The second-order valence-corrected chi connectivity index (χ2v) is 3.58. The van der Waals surface area contributed by atoms with Gasteiger partial charge in [-0.3, -0.25) is 0 Å². The van der Waals surface area contributed by atoms with Crippen LogP contribution in [0.5, 0.6) is 0 Å². The summed E-state index contributed by atoms with van der Waals surface area (Å²) in [6.07, 6.45) is -0.443. The Balaban J connectivity index is 2.70. The lowest BCUT2D eigenvalue weighted by Crippen LogP contribution is -2.21. The molecule has 0 fully saturated rings. The Kier molecular flexibility index (Phi) is 4.90. The van der Waals surface area contributed by atoms with Crippen LogP contribution in [0, 0.1) is 5.82 Å². The van der Waals surface area contributed by atoms with E-state index in [0.717, 1.165) is 0 Å². The van der Waals surface area contributed by atoms with Crippen molar-refractivity contribution in [3.63, 3.8) is 0 Å². The standard InChI is InChI=1S/C12H16FNO3/c1-3-16-7-8(2)17-12(15)11-9(13)5-4-6-10(11)14/h4-6,8H,3,7,14H2,1-2H3. The number of halogens is 1. The van der Waals surface area contributed by atoms with E-state index >= 15 is 0 Å². The highest BCUT2D eigenvalue weighted by atomic mass is 19.1. The molecule has 0 aromatic heterocycles. The number of nitrogen functional groups attached to an aromatic ring is 1. The van der Waals surface area contributed by atoms with Crippen LogP contribution in [0.3, 0.4) is 0 Å². The smallest absolute Gasteiger partial charge is 0.343 e. The normalized spacial score (nSPS) is 12.2. The Bertz CT molecular complexity index is 375. The van der Waals surface area contributed by atoms with Gasteiger partial charge in [-0.1, -0.05) is 6.07 Å². The molecular weight excluding hydrogens is 225 g/mol. The third-order valence-corrected chi connectivity index (χ3v) is 2.11. The molecule has 0 spiro atoms. The van der Waals surface area contributed by atoms with Gasteiger partial charge in [0.25, 0.3) is 0 Å². The largest absolute Gasteiger partial charge is 0.456 e. The number of hydrogen-bond acceptors (Lipinski definition) is 4. The maximum absolute atomic E-state index is 13.4. The number of rotatable bonds is 5. The maximum Gasteiger partial charge on any atom is 0.343 e. The van der Waals surface area contributed by atoms with E-state index in [0.29, 0.717) is 6.61 Å². The van der Waals surface area contributed by atoms with E-state index in [4.69, 9.17) is 15.2 Å². The predicted octanol–water partition coefficient (Wildman–Crippen LogP) is 1.99. The predicted molar refractivity (Wildman–Crippen MR) is 62.2 cm³/mol. The molecule has 17 heavy (non-hydrogen) atoms. The molecule has 0 bridgehead atoms. The lowest BCUT2D eigenvalue weighted by molar-refractivity contribution is 0.00411. The van der Waals surface area contributed by atoms with Crippen LogP contribution in [0.15, 0.2) is 18.2 Å². The minimum Gasteiger partial charge on any atom is -0.456 e. The van der Waals surface area contributed by atoms with Crippen LogP contribution in [-0.2, 0) is 9.47 Å². The fourth-order valence-electron chi connectivity index (χ4n) is 1.32. The van der Waals surface area contributed by atoms with Gasteiger partial charge in [-0.15, -0.1) is 0 Å². The number of hydrogen-bond donors (Lipinski definition) is 1. The third-order valence-electron chi connectivity index (χ3n) is 2.11. The number of ether oxygens (including phenoxy) is 2. The minimum atomic E-state index is -0.771. The molecule has 2 N–H and O–H groups in total. The van der Waals surface area contributed by atoms with Gasteiger partial charge in [-0.05, 0) is 26.0 Å². The van der Waals surface area contributed by atoms with Crippen LogP contribution in [0.25, 0.3) is 0 Å².